The van der Waals surface area contributed by atoms with E-state index in [0.717, 1.165) is 10.5 Å². The molecule has 0 bridgehead atoms. The first-order chi connectivity index (χ1) is 17.3. The van der Waals surface area contributed by atoms with Gasteiger partial charge in [0, 0.05) is 6.42 Å². The molecular weight excluding hydrogens is 472 g/mol. The van der Waals surface area contributed by atoms with Crippen molar-refractivity contribution in [2.24, 2.45) is 5.92 Å². The number of aldehydes is 1. The van der Waals surface area contributed by atoms with Gasteiger partial charge in [0.2, 0.25) is 11.8 Å². The Hall–Kier alpha value is -3.15. The summed E-state index contributed by atoms with van der Waals surface area (Å²) in [5.74, 6) is -1.68. The lowest BCUT2D eigenvalue weighted by atomic mass is 9.98. The van der Waals surface area contributed by atoms with Crippen molar-refractivity contribution in [3.63, 3.8) is 0 Å². The second-order valence-electron chi connectivity index (χ2n) is 8.88. The zero-order valence-corrected chi connectivity index (χ0v) is 20.6. The van der Waals surface area contributed by atoms with Gasteiger partial charge in [0.25, 0.3) is 11.8 Å². The van der Waals surface area contributed by atoms with Gasteiger partial charge in [-0.2, -0.15) is 0 Å². The van der Waals surface area contributed by atoms with Crippen molar-refractivity contribution >= 4 is 29.9 Å². The Balaban J connectivity index is 1.62. The SMILES string of the molecule is CC(C)Cc1cc(OCCOCCOCCOCC=O)c2c(c1)C(=O)N(C1CCC(=O)NC1=O)C2=O. The highest BCUT2D eigenvalue weighted by Crippen LogP contribution is 2.35. The summed E-state index contributed by atoms with van der Waals surface area (Å²) in [5, 5.41) is 2.20. The largest absolute Gasteiger partial charge is 0.490 e. The first kappa shape index (κ1) is 27.4. The Labute approximate surface area is 209 Å². The number of amides is 4. The van der Waals surface area contributed by atoms with Crippen molar-refractivity contribution in [3.05, 3.63) is 28.8 Å². The van der Waals surface area contributed by atoms with E-state index in [4.69, 9.17) is 18.9 Å². The predicted octanol–water partition coefficient (Wildman–Crippen LogP) is 0.914. The summed E-state index contributed by atoms with van der Waals surface area (Å²) in [4.78, 5) is 61.4. The van der Waals surface area contributed by atoms with Gasteiger partial charge in [-0.05, 0) is 36.5 Å². The number of rotatable bonds is 15. The van der Waals surface area contributed by atoms with E-state index in [1.807, 2.05) is 13.8 Å². The highest BCUT2D eigenvalue weighted by molar-refractivity contribution is 6.24. The van der Waals surface area contributed by atoms with E-state index in [1.165, 1.54) is 0 Å². The van der Waals surface area contributed by atoms with Crippen LogP contribution in [0.25, 0.3) is 0 Å². The van der Waals surface area contributed by atoms with Crippen LogP contribution < -0.4 is 10.1 Å². The molecular formula is C25H32N2O9. The molecule has 196 valence electrons. The lowest BCUT2D eigenvalue weighted by Gasteiger charge is -2.27. The van der Waals surface area contributed by atoms with Crippen LogP contribution in [0.3, 0.4) is 0 Å². The minimum absolute atomic E-state index is 0.0403. The van der Waals surface area contributed by atoms with E-state index in [2.05, 4.69) is 5.32 Å². The standard InChI is InChI=1S/C25H32N2O9/c1-16(2)13-17-14-18-22(25(32)27(24(18)31)19-3-4-21(29)26-23(19)30)20(15-17)36-12-11-35-10-9-34-8-7-33-6-5-28/h5,14-16,19H,3-4,6-13H2,1-2H3,(H,26,29,30). The molecule has 0 aliphatic carbocycles. The molecule has 1 unspecified atom stereocenters. The fourth-order valence-electron chi connectivity index (χ4n) is 4.10. The molecule has 1 aromatic rings. The van der Waals surface area contributed by atoms with E-state index >= 15 is 0 Å². The first-order valence-electron chi connectivity index (χ1n) is 12.0. The third kappa shape index (κ3) is 6.96. The van der Waals surface area contributed by atoms with Gasteiger partial charge in [0.05, 0.1) is 44.2 Å². The molecule has 3 rings (SSSR count). The van der Waals surface area contributed by atoms with Crippen LogP contribution in [-0.4, -0.2) is 87.1 Å². The molecule has 2 heterocycles. The molecule has 1 aromatic carbocycles. The molecule has 0 radical (unpaired) electrons. The van der Waals surface area contributed by atoms with Gasteiger partial charge in [-0.15, -0.1) is 0 Å². The monoisotopic (exact) mass is 504 g/mol. The topological polar surface area (TPSA) is 138 Å². The average molecular weight is 505 g/mol. The highest BCUT2D eigenvalue weighted by Gasteiger charge is 2.46. The van der Waals surface area contributed by atoms with Crippen molar-refractivity contribution < 1.29 is 42.9 Å². The molecule has 0 saturated carbocycles. The molecule has 0 aromatic heterocycles. The summed E-state index contributed by atoms with van der Waals surface area (Å²) in [7, 11) is 0. The van der Waals surface area contributed by atoms with E-state index in [9.17, 15) is 24.0 Å². The van der Waals surface area contributed by atoms with Gasteiger partial charge < -0.3 is 23.7 Å². The third-order valence-electron chi connectivity index (χ3n) is 5.62. The van der Waals surface area contributed by atoms with Crippen LogP contribution in [0.2, 0.25) is 0 Å². The van der Waals surface area contributed by atoms with Crippen molar-refractivity contribution in [1.82, 2.24) is 10.2 Å². The van der Waals surface area contributed by atoms with Crippen LogP contribution in [0.15, 0.2) is 12.1 Å². The number of hydrogen-bond acceptors (Lipinski definition) is 9. The van der Waals surface area contributed by atoms with Crippen molar-refractivity contribution in [1.29, 1.82) is 0 Å². The lowest BCUT2D eigenvalue weighted by Crippen LogP contribution is -2.54. The van der Waals surface area contributed by atoms with E-state index in [0.29, 0.717) is 45.1 Å². The average Bonchev–Trinajstić information content (AvgIpc) is 3.07. The molecule has 1 fully saturated rings. The van der Waals surface area contributed by atoms with Gasteiger partial charge in [-0.25, -0.2) is 0 Å². The molecule has 36 heavy (non-hydrogen) atoms. The van der Waals surface area contributed by atoms with Crippen LogP contribution in [0, 0.1) is 5.92 Å². The Morgan fingerprint density at radius 3 is 2.28 bits per heavy atom. The molecule has 1 saturated heterocycles. The number of imide groups is 2. The second-order valence-corrected chi connectivity index (χ2v) is 8.88. The number of carbonyl (C=O) groups excluding carboxylic acids is 5. The van der Waals surface area contributed by atoms with Crippen molar-refractivity contribution in [2.75, 3.05) is 46.2 Å². The number of fused-ring (bicyclic) bond motifs is 1. The number of nitrogens with zero attached hydrogens (tertiary/aromatic N) is 1. The summed E-state index contributed by atoms with van der Waals surface area (Å²) in [6.45, 7) is 5.83. The number of hydrogen-bond donors (Lipinski definition) is 1. The molecule has 0 spiro atoms. The van der Waals surface area contributed by atoms with Gasteiger partial charge in [-0.1, -0.05) is 13.8 Å². The minimum atomic E-state index is -1.04. The Morgan fingerprint density at radius 2 is 1.64 bits per heavy atom. The molecule has 4 amide bonds. The maximum absolute atomic E-state index is 13.3. The van der Waals surface area contributed by atoms with Crippen molar-refractivity contribution in [3.8, 4) is 5.75 Å². The molecule has 11 heteroatoms. The van der Waals surface area contributed by atoms with Crippen LogP contribution in [0.1, 0.15) is 53.0 Å². The Bertz CT molecular complexity index is 992. The predicted molar refractivity (Wildman–Crippen MR) is 126 cm³/mol. The highest BCUT2D eigenvalue weighted by atomic mass is 16.6. The lowest BCUT2D eigenvalue weighted by molar-refractivity contribution is -0.136. The normalized spacial score (nSPS) is 17.5. The van der Waals surface area contributed by atoms with Crippen LogP contribution in [0.5, 0.6) is 5.75 Å². The summed E-state index contributed by atoms with van der Waals surface area (Å²) < 4.78 is 21.7. The molecule has 2 aliphatic heterocycles. The fraction of sp³-hybridized carbons (Fsp3) is 0.560. The Morgan fingerprint density at radius 1 is 0.972 bits per heavy atom. The zero-order valence-electron chi connectivity index (χ0n) is 20.6. The quantitative estimate of drug-likeness (QED) is 0.210. The van der Waals surface area contributed by atoms with Gasteiger partial charge in [-0.3, -0.25) is 29.4 Å². The fourth-order valence-corrected chi connectivity index (χ4v) is 4.10. The first-order valence-corrected chi connectivity index (χ1v) is 12.0. The second kappa shape index (κ2) is 13.2. The van der Waals surface area contributed by atoms with Gasteiger partial charge in [0.1, 0.15) is 31.3 Å². The van der Waals surface area contributed by atoms with Crippen LogP contribution in [0.4, 0.5) is 0 Å². The summed E-state index contributed by atoms with van der Waals surface area (Å²) in [5.41, 5.74) is 1.16. The smallest absolute Gasteiger partial charge is 0.266 e. The third-order valence-corrected chi connectivity index (χ3v) is 5.62. The Kier molecular flexibility index (Phi) is 10.1. The maximum Gasteiger partial charge on any atom is 0.266 e. The molecule has 11 nitrogen and oxygen atoms in total. The van der Waals surface area contributed by atoms with Crippen LogP contribution in [-0.2, 0) is 35.0 Å². The number of benzene rings is 1. The van der Waals surface area contributed by atoms with E-state index in [-0.39, 0.29) is 49.5 Å². The number of nitrogens with one attached hydrogen (secondary N) is 1. The van der Waals surface area contributed by atoms with Gasteiger partial charge >= 0.3 is 0 Å². The maximum atomic E-state index is 13.3. The molecule has 2 aliphatic rings. The summed E-state index contributed by atoms with van der Waals surface area (Å²) >= 11 is 0. The minimum Gasteiger partial charge on any atom is -0.490 e. The number of piperidine rings is 1. The van der Waals surface area contributed by atoms with Crippen molar-refractivity contribution in [2.45, 2.75) is 39.2 Å². The number of carbonyl (C=O) groups is 5. The summed E-state index contributed by atoms with van der Waals surface area (Å²) in [6.07, 6.45) is 1.49. The van der Waals surface area contributed by atoms with Crippen LogP contribution >= 0.6 is 0 Å². The molecule has 1 atom stereocenters. The van der Waals surface area contributed by atoms with Gasteiger partial charge in [0.15, 0.2) is 0 Å². The molecule has 1 N–H and O–H groups in total. The van der Waals surface area contributed by atoms with E-state index in [1.54, 1.807) is 12.1 Å². The van der Waals surface area contributed by atoms with E-state index < -0.39 is 29.7 Å². The summed E-state index contributed by atoms with van der Waals surface area (Å²) in [6, 6.07) is 2.39. The zero-order chi connectivity index (χ0) is 26.1. The number of ether oxygens (including phenoxy) is 4.